The van der Waals surface area contributed by atoms with Crippen LogP contribution in [0.5, 0.6) is 5.75 Å². The van der Waals surface area contributed by atoms with Gasteiger partial charge >= 0.3 is 0 Å². The van der Waals surface area contributed by atoms with Crippen molar-refractivity contribution in [3.05, 3.63) is 36.0 Å². The molecule has 2 heterocycles. The maximum Gasteiger partial charge on any atom is 0.293 e. The van der Waals surface area contributed by atoms with Crippen molar-refractivity contribution in [3.63, 3.8) is 0 Å². The summed E-state index contributed by atoms with van der Waals surface area (Å²) in [6.45, 7) is 9.00. The van der Waals surface area contributed by atoms with E-state index in [1.165, 1.54) is 26.4 Å². The van der Waals surface area contributed by atoms with Crippen LogP contribution in [0.3, 0.4) is 0 Å². The number of hydrogen-bond donors (Lipinski definition) is 0. The number of benzene rings is 1. The number of aryl methyl sites for hydroxylation is 1. The number of hydrogen-bond acceptors (Lipinski definition) is 10. The molecule has 0 bridgehead atoms. The zero-order chi connectivity index (χ0) is 33.4. The number of anilines is 1. The molecule has 248 valence electrons. The minimum absolute atomic E-state index is 0.00707. The Bertz CT molecular complexity index is 1270. The molecule has 4 rings (SSSR count). The second-order valence-electron chi connectivity index (χ2n) is 10.6. The number of carbonyl (C=O) groups excluding carboxylic acids is 5. The number of aldehydes is 1. The Balaban J connectivity index is 0.000000364. The monoisotopic (exact) mass is 647 g/mol. The molecule has 2 aromatic rings. The first-order valence-electron chi connectivity index (χ1n) is 15.2. The van der Waals surface area contributed by atoms with Crippen molar-refractivity contribution in [1.29, 1.82) is 0 Å². The number of ether oxygens (including phenoxy) is 2. The van der Waals surface area contributed by atoms with Gasteiger partial charge in [-0.2, -0.15) is 4.98 Å². The lowest BCUT2D eigenvalue weighted by molar-refractivity contribution is -0.147. The summed E-state index contributed by atoms with van der Waals surface area (Å²) in [5.74, 6) is 0.536. The molecule has 2 aliphatic rings. The van der Waals surface area contributed by atoms with Crippen molar-refractivity contribution in [1.82, 2.24) is 19.9 Å². The van der Waals surface area contributed by atoms with Crippen LogP contribution in [0.15, 0.2) is 28.8 Å². The van der Waals surface area contributed by atoms with Crippen LogP contribution >= 0.6 is 9.24 Å². The van der Waals surface area contributed by atoms with E-state index in [0.717, 1.165) is 17.7 Å². The quantitative estimate of drug-likeness (QED) is 0.202. The van der Waals surface area contributed by atoms with Crippen molar-refractivity contribution in [3.8, 4) is 5.75 Å². The number of amides is 4. The van der Waals surface area contributed by atoms with Crippen molar-refractivity contribution in [2.24, 2.45) is 5.92 Å². The van der Waals surface area contributed by atoms with Gasteiger partial charge in [0.25, 0.3) is 5.91 Å². The Labute approximate surface area is 267 Å². The predicted molar refractivity (Wildman–Crippen MR) is 171 cm³/mol. The van der Waals surface area contributed by atoms with E-state index in [9.17, 15) is 24.0 Å². The van der Waals surface area contributed by atoms with Crippen LogP contribution in [0.4, 0.5) is 5.69 Å². The molecule has 1 aliphatic carbocycles. The van der Waals surface area contributed by atoms with Gasteiger partial charge in [-0.25, -0.2) is 0 Å². The van der Waals surface area contributed by atoms with Crippen LogP contribution < -0.4 is 9.64 Å². The Morgan fingerprint density at radius 3 is 2.36 bits per heavy atom. The molecule has 1 aromatic carbocycles. The number of rotatable bonds is 11. The molecule has 4 amide bonds. The van der Waals surface area contributed by atoms with Gasteiger partial charge in [-0.3, -0.25) is 28.9 Å². The molecule has 0 radical (unpaired) electrons. The highest BCUT2D eigenvalue weighted by atomic mass is 31.0. The van der Waals surface area contributed by atoms with E-state index in [2.05, 4.69) is 26.3 Å². The molecular weight excluding hydrogens is 601 g/mol. The summed E-state index contributed by atoms with van der Waals surface area (Å²) in [6.07, 6.45) is 5.09. The molecule has 2 atom stereocenters. The Kier molecular flexibility index (Phi) is 16.4. The fourth-order valence-corrected chi connectivity index (χ4v) is 4.24. The van der Waals surface area contributed by atoms with Crippen molar-refractivity contribution < 1.29 is 38.0 Å². The molecule has 45 heavy (non-hydrogen) atoms. The number of nitrogens with zero attached hydrogens (tertiary/aromatic N) is 5. The summed E-state index contributed by atoms with van der Waals surface area (Å²) in [5.41, 5.74) is 0.628. The maximum atomic E-state index is 13.2. The van der Waals surface area contributed by atoms with Gasteiger partial charge < -0.3 is 23.8 Å². The standard InChI is InChI=1S/C20H26N4O5.C8H11NO3.C3H9P/c1-4-19-21-18(22-29-19)11-20(26)24(16-7-5-6-8-17(16)27-3)13-15-12-23(14(2)25)9-10-28-15;1-6(11)9(8(12)5-10)4-7-2-3-7;1-2-3-4/h5-8,15H,4,9-13H2,1-3H3;5,7H,2-4H2,1H3;2-4H2,1H3. The highest BCUT2D eigenvalue weighted by Crippen LogP contribution is 2.30. The van der Waals surface area contributed by atoms with Crippen LogP contribution in [0.25, 0.3) is 0 Å². The Morgan fingerprint density at radius 1 is 1.13 bits per heavy atom. The zero-order valence-corrected chi connectivity index (χ0v) is 28.1. The van der Waals surface area contributed by atoms with E-state index < -0.39 is 5.91 Å². The molecule has 2 unspecified atom stereocenters. The van der Waals surface area contributed by atoms with Gasteiger partial charge in [0, 0.05) is 39.9 Å². The van der Waals surface area contributed by atoms with Crippen LogP contribution in [-0.2, 0) is 41.6 Å². The SMILES string of the molecule is CC(=O)N(CC1CC1)C(=O)C=O.CCCP.CCc1nc(CC(=O)N(CC2CN(C(C)=O)CCO2)c2ccccc2OC)no1. The molecule has 14 heteroatoms. The molecule has 0 N–H and O–H groups in total. The molecule has 13 nitrogen and oxygen atoms in total. The second-order valence-corrected chi connectivity index (χ2v) is 11.2. The third-order valence-electron chi connectivity index (χ3n) is 6.94. The lowest BCUT2D eigenvalue weighted by Gasteiger charge is -2.35. The summed E-state index contributed by atoms with van der Waals surface area (Å²) in [5, 5.41) is 3.88. The highest BCUT2D eigenvalue weighted by Gasteiger charge is 2.30. The minimum atomic E-state index is -0.727. The Morgan fingerprint density at radius 2 is 1.82 bits per heavy atom. The molecule has 1 aromatic heterocycles. The number of morpholine rings is 1. The maximum absolute atomic E-state index is 13.2. The summed E-state index contributed by atoms with van der Waals surface area (Å²) < 4.78 is 16.4. The molecule has 1 saturated heterocycles. The first-order valence-corrected chi connectivity index (χ1v) is 16.0. The van der Waals surface area contributed by atoms with Crippen LogP contribution in [-0.4, -0.2) is 102 Å². The van der Waals surface area contributed by atoms with E-state index in [-0.39, 0.29) is 43.1 Å². The van der Waals surface area contributed by atoms with E-state index in [0.29, 0.717) is 61.7 Å². The number of aromatic nitrogens is 2. The van der Waals surface area contributed by atoms with Gasteiger partial charge in [0.1, 0.15) is 5.75 Å². The van der Waals surface area contributed by atoms with Crippen LogP contribution in [0.1, 0.15) is 58.7 Å². The number of methoxy groups -OCH3 is 1. The minimum Gasteiger partial charge on any atom is -0.495 e. The fraction of sp³-hybridized carbons (Fsp3) is 0.581. The summed E-state index contributed by atoms with van der Waals surface area (Å²) in [6, 6.07) is 7.29. The van der Waals surface area contributed by atoms with Crippen LogP contribution in [0.2, 0.25) is 0 Å². The third kappa shape index (κ3) is 12.7. The first kappa shape index (κ1) is 37.5. The highest BCUT2D eigenvalue weighted by molar-refractivity contribution is 7.16. The average molecular weight is 648 g/mol. The molecule has 1 saturated carbocycles. The lowest BCUT2D eigenvalue weighted by atomic mass is 10.2. The van der Waals surface area contributed by atoms with Crippen molar-refractivity contribution in [2.45, 2.75) is 65.9 Å². The zero-order valence-electron chi connectivity index (χ0n) is 26.9. The van der Waals surface area contributed by atoms with E-state index in [1.54, 1.807) is 23.0 Å². The van der Waals surface area contributed by atoms with E-state index in [1.807, 2.05) is 25.1 Å². The smallest absolute Gasteiger partial charge is 0.293 e. The van der Waals surface area contributed by atoms with Gasteiger partial charge in [0.2, 0.25) is 29.9 Å². The third-order valence-corrected chi connectivity index (χ3v) is 7.52. The predicted octanol–water partition coefficient (Wildman–Crippen LogP) is 2.71. The van der Waals surface area contributed by atoms with Crippen molar-refractivity contribution >= 4 is 44.8 Å². The Hall–Kier alpha value is -3.70. The number of carbonyl (C=O) groups is 5. The average Bonchev–Trinajstić information content (AvgIpc) is 3.77. The largest absolute Gasteiger partial charge is 0.495 e. The summed E-state index contributed by atoms with van der Waals surface area (Å²) in [4.78, 5) is 65.3. The topological polar surface area (TPSA) is 152 Å². The normalized spacial score (nSPS) is 15.4. The summed E-state index contributed by atoms with van der Waals surface area (Å²) >= 11 is 0. The molecule has 0 spiro atoms. The first-order chi connectivity index (χ1) is 21.6. The summed E-state index contributed by atoms with van der Waals surface area (Å²) in [7, 11) is 4.21. The van der Waals surface area contributed by atoms with Crippen molar-refractivity contribution in [2.75, 3.05) is 51.0 Å². The fourth-order valence-electron chi connectivity index (χ4n) is 4.24. The van der Waals surface area contributed by atoms with Gasteiger partial charge in [-0.15, -0.1) is 9.24 Å². The second kappa shape index (κ2) is 19.6. The van der Waals surface area contributed by atoms with Gasteiger partial charge in [-0.1, -0.05) is 37.6 Å². The van der Waals surface area contributed by atoms with E-state index in [4.69, 9.17) is 14.0 Å². The van der Waals surface area contributed by atoms with E-state index >= 15 is 0 Å². The van der Waals surface area contributed by atoms with Gasteiger partial charge in [-0.05, 0) is 37.1 Å². The molecular formula is C31H46N5O8P. The molecule has 2 fully saturated rings. The van der Waals surface area contributed by atoms with Gasteiger partial charge in [0.05, 0.1) is 38.5 Å². The molecule has 1 aliphatic heterocycles. The lowest BCUT2D eigenvalue weighted by Crippen LogP contribution is -2.50. The van der Waals surface area contributed by atoms with Gasteiger partial charge in [0.15, 0.2) is 5.82 Å². The number of imide groups is 1. The number of para-hydroxylation sites is 2. The van der Waals surface area contributed by atoms with Crippen LogP contribution in [0, 0.1) is 5.92 Å².